The third-order valence-electron chi connectivity index (χ3n) is 2.64. The third-order valence-corrected chi connectivity index (χ3v) is 4.09. The Morgan fingerprint density at radius 2 is 2.06 bits per heavy atom. The van der Waals surface area contributed by atoms with Crippen molar-refractivity contribution in [2.75, 3.05) is 12.0 Å². The van der Waals surface area contributed by atoms with E-state index >= 15 is 0 Å². The number of aryl methyl sites for hydroxylation is 1. The second-order valence-corrected chi connectivity index (χ2v) is 7.05. The molecule has 0 aliphatic heterocycles. The molecule has 5 heteroatoms. The average molecular weight is 276 g/mol. The van der Waals surface area contributed by atoms with Gasteiger partial charge in [0.05, 0.1) is 0 Å². The van der Waals surface area contributed by atoms with Crippen molar-refractivity contribution < 1.29 is 8.42 Å². The zero-order valence-electron chi connectivity index (χ0n) is 10.1. The second kappa shape index (κ2) is 5.85. The molecule has 1 rings (SSSR count). The van der Waals surface area contributed by atoms with Crippen LogP contribution in [-0.2, 0) is 9.84 Å². The van der Waals surface area contributed by atoms with Gasteiger partial charge >= 0.3 is 0 Å². The predicted octanol–water partition coefficient (Wildman–Crippen LogP) is 2.47. The summed E-state index contributed by atoms with van der Waals surface area (Å²) in [6.45, 7) is 1.93. The second-order valence-electron chi connectivity index (χ2n) is 4.39. The van der Waals surface area contributed by atoms with Crippen molar-refractivity contribution in [3.05, 3.63) is 34.3 Å². The Bertz CT molecular complexity index is 485. The molecule has 0 heterocycles. The van der Waals surface area contributed by atoms with Crippen LogP contribution < -0.4 is 5.73 Å². The molecule has 0 saturated carbocycles. The molecule has 0 aliphatic carbocycles. The zero-order valence-corrected chi connectivity index (χ0v) is 11.7. The lowest BCUT2D eigenvalue weighted by molar-refractivity contribution is 0.588. The van der Waals surface area contributed by atoms with Gasteiger partial charge in [0.1, 0.15) is 9.84 Å². The summed E-state index contributed by atoms with van der Waals surface area (Å²) in [6, 6.07) is 5.53. The molecular weight excluding hydrogens is 258 g/mol. The van der Waals surface area contributed by atoms with Crippen molar-refractivity contribution in [3.63, 3.8) is 0 Å². The summed E-state index contributed by atoms with van der Waals surface area (Å²) in [4.78, 5) is 0. The van der Waals surface area contributed by atoms with Gasteiger partial charge in [-0.1, -0.05) is 23.7 Å². The van der Waals surface area contributed by atoms with Gasteiger partial charge in [-0.05, 0) is 37.0 Å². The summed E-state index contributed by atoms with van der Waals surface area (Å²) in [5, 5.41) is 0.720. The molecule has 0 amide bonds. The van der Waals surface area contributed by atoms with Crippen LogP contribution in [0.25, 0.3) is 0 Å². The van der Waals surface area contributed by atoms with E-state index in [1.807, 2.05) is 25.1 Å². The first-order valence-electron chi connectivity index (χ1n) is 5.49. The quantitative estimate of drug-likeness (QED) is 0.898. The molecule has 17 heavy (non-hydrogen) atoms. The average Bonchev–Trinajstić information content (AvgIpc) is 2.20. The number of hydrogen-bond donors (Lipinski definition) is 1. The Hall–Kier alpha value is -0.580. The predicted molar refractivity (Wildman–Crippen MR) is 72.1 cm³/mol. The number of nitrogens with two attached hydrogens (primary N) is 1. The van der Waals surface area contributed by atoms with Gasteiger partial charge in [-0.15, -0.1) is 0 Å². The van der Waals surface area contributed by atoms with Gasteiger partial charge in [0.25, 0.3) is 0 Å². The molecule has 0 spiro atoms. The molecule has 0 aliphatic rings. The smallest absolute Gasteiger partial charge is 0.147 e. The van der Waals surface area contributed by atoms with Crippen molar-refractivity contribution in [1.29, 1.82) is 0 Å². The van der Waals surface area contributed by atoms with Crippen LogP contribution in [-0.4, -0.2) is 20.4 Å². The van der Waals surface area contributed by atoms with E-state index in [2.05, 4.69) is 0 Å². The Morgan fingerprint density at radius 1 is 1.41 bits per heavy atom. The Balaban J connectivity index is 2.58. The lowest BCUT2D eigenvalue weighted by Gasteiger charge is -2.12. The summed E-state index contributed by atoms with van der Waals surface area (Å²) in [6.07, 6.45) is 2.49. The number of sulfone groups is 1. The minimum Gasteiger partial charge on any atom is -0.324 e. The van der Waals surface area contributed by atoms with E-state index in [9.17, 15) is 8.42 Å². The Labute approximate surface area is 108 Å². The molecule has 1 unspecified atom stereocenters. The normalized spacial score (nSPS) is 13.6. The van der Waals surface area contributed by atoms with Crippen LogP contribution in [0.15, 0.2) is 18.2 Å². The Morgan fingerprint density at radius 3 is 2.59 bits per heavy atom. The van der Waals surface area contributed by atoms with Gasteiger partial charge in [0.2, 0.25) is 0 Å². The molecular formula is C12H18ClNO2S. The van der Waals surface area contributed by atoms with Crippen LogP contribution in [0.4, 0.5) is 0 Å². The molecule has 1 aromatic carbocycles. The summed E-state index contributed by atoms with van der Waals surface area (Å²) in [5.74, 6) is 0.188. The van der Waals surface area contributed by atoms with E-state index in [0.717, 1.165) is 16.1 Å². The van der Waals surface area contributed by atoms with Crippen molar-refractivity contribution >= 4 is 21.4 Å². The highest BCUT2D eigenvalue weighted by Gasteiger charge is 2.09. The molecule has 1 aromatic rings. The minimum atomic E-state index is -2.89. The molecule has 0 bridgehead atoms. The van der Waals surface area contributed by atoms with Crippen molar-refractivity contribution in [2.45, 2.75) is 25.8 Å². The van der Waals surface area contributed by atoms with Crippen molar-refractivity contribution in [2.24, 2.45) is 5.73 Å². The lowest BCUT2D eigenvalue weighted by atomic mass is 10.0. The standard InChI is InChI=1S/C12H18ClNO2S/c1-9-8-10(5-6-11(9)13)12(14)4-3-7-17(2,15)16/h5-6,8,12H,3-4,7,14H2,1-2H3. The fourth-order valence-corrected chi connectivity index (χ4v) is 2.44. The van der Waals surface area contributed by atoms with Gasteiger partial charge in [0, 0.05) is 23.1 Å². The van der Waals surface area contributed by atoms with Crippen LogP contribution in [0.3, 0.4) is 0 Å². The van der Waals surface area contributed by atoms with Crippen molar-refractivity contribution in [3.8, 4) is 0 Å². The van der Waals surface area contributed by atoms with Crippen LogP contribution in [0.5, 0.6) is 0 Å². The number of hydrogen-bond acceptors (Lipinski definition) is 3. The van der Waals surface area contributed by atoms with Gasteiger partial charge in [-0.25, -0.2) is 8.42 Å². The number of rotatable bonds is 5. The van der Waals surface area contributed by atoms with E-state index in [4.69, 9.17) is 17.3 Å². The number of benzene rings is 1. The molecule has 0 radical (unpaired) electrons. The summed E-state index contributed by atoms with van der Waals surface area (Å²) < 4.78 is 22.0. The topological polar surface area (TPSA) is 60.2 Å². The fraction of sp³-hybridized carbons (Fsp3) is 0.500. The van der Waals surface area contributed by atoms with E-state index in [1.165, 1.54) is 6.26 Å². The molecule has 1 atom stereocenters. The van der Waals surface area contributed by atoms with E-state index in [-0.39, 0.29) is 11.8 Å². The lowest BCUT2D eigenvalue weighted by Crippen LogP contribution is -2.13. The SMILES string of the molecule is Cc1cc(C(N)CCCS(C)(=O)=O)ccc1Cl. The molecule has 2 N–H and O–H groups in total. The first-order valence-corrected chi connectivity index (χ1v) is 7.93. The molecule has 0 fully saturated rings. The third kappa shape index (κ3) is 5.06. The Kier molecular flexibility index (Phi) is 4.98. The van der Waals surface area contributed by atoms with E-state index < -0.39 is 9.84 Å². The van der Waals surface area contributed by atoms with Gasteiger partial charge < -0.3 is 5.73 Å². The highest BCUT2D eigenvalue weighted by atomic mass is 35.5. The molecule has 96 valence electrons. The molecule has 3 nitrogen and oxygen atoms in total. The van der Waals surface area contributed by atoms with E-state index in [0.29, 0.717) is 12.8 Å². The molecule has 0 saturated heterocycles. The van der Waals surface area contributed by atoms with Crippen LogP contribution >= 0.6 is 11.6 Å². The van der Waals surface area contributed by atoms with Crippen molar-refractivity contribution in [1.82, 2.24) is 0 Å². The highest BCUT2D eigenvalue weighted by molar-refractivity contribution is 7.90. The maximum atomic E-state index is 11.0. The first kappa shape index (κ1) is 14.5. The summed E-state index contributed by atoms with van der Waals surface area (Å²) in [5.41, 5.74) is 7.99. The van der Waals surface area contributed by atoms with E-state index in [1.54, 1.807) is 0 Å². The fourth-order valence-electron chi connectivity index (χ4n) is 1.63. The zero-order chi connectivity index (χ0) is 13.1. The van der Waals surface area contributed by atoms with Crippen LogP contribution in [0.1, 0.15) is 30.0 Å². The first-order chi connectivity index (χ1) is 7.79. The van der Waals surface area contributed by atoms with Gasteiger partial charge in [0.15, 0.2) is 0 Å². The summed E-state index contributed by atoms with van der Waals surface area (Å²) >= 11 is 5.93. The monoisotopic (exact) mass is 275 g/mol. The maximum Gasteiger partial charge on any atom is 0.147 e. The highest BCUT2D eigenvalue weighted by Crippen LogP contribution is 2.22. The molecule has 0 aromatic heterocycles. The minimum absolute atomic E-state index is 0.132. The van der Waals surface area contributed by atoms with Gasteiger partial charge in [-0.2, -0.15) is 0 Å². The maximum absolute atomic E-state index is 11.0. The largest absolute Gasteiger partial charge is 0.324 e. The summed E-state index contributed by atoms with van der Waals surface area (Å²) in [7, 11) is -2.89. The van der Waals surface area contributed by atoms with Gasteiger partial charge in [-0.3, -0.25) is 0 Å². The number of halogens is 1. The van der Waals surface area contributed by atoms with Crippen LogP contribution in [0, 0.1) is 6.92 Å². The van der Waals surface area contributed by atoms with Crippen LogP contribution in [0.2, 0.25) is 5.02 Å².